The first-order valence-electron chi connectivity index (χ1n) is 14.7. The van der Waals surface area contributed by atoms with Crippen molar-refractivity contribution in [2.45, 2.75) is 55.9 Å². The number of fused-ring (bicyclic) bond motifs is 1. The standard InChI is InChI=1S/C32H33Cl2N5O4/c33-23-6-2-22(3-7-23)29(40)37-14-12-31(42,13-15-37)19-38-20-36-28-25(30(38)41)16-27(34)39(28)24-8-4-21(5-9-24)26-17-43-32(18-35-26)10-1-11-32/h2-9,16,20,26,35,42H,1,10-15,17-19H2. The van der Waals surface area contributed by atoms with E-state index in [2.05, 4.69) is 22.4 Å². The van der Waals surface area contributed by atoms with E-state index in [9.17, 15) is 14.7 Å². The number of rotatable bonds is 5. The maximum Gasteiger partial charge on any atom is 0.262 e. The molecule has 0 bridgehead atoms. The highest BCUT2D eigenvalue weighted by Gasteiger charge is 2.41. The van der Waals surface area contributed by atoms with Gasteiger partial charge in [-0.25, -0.2) is 4.98 Å². The second-order valence-corrected chi connectivity index (χ2v) is 12.9. The fraction of sp³-hybridized carbons (Fsp3) is 0.406. The van der Waals surface area contributed by atoms with Crippen LogP contribution < -0.4 is 10.9 Å². The summed E-state index contributed by atoms with van der Waals surface area (Å²) >= 11 is 12.6. The smallest absolute Gasteiger partial charge is 0.262 e. The number of hydrogen-bond acceptors (Lipinski definition) is 6. The number of aliphatic hydroxyl groups is 1. The Morgan fingerprint density at radius 1 is 1.05 bits per heavy atom. The van der Waals surface area contributed by atoms with Gasteiger partial charge in [0.05, 0.1) is 35.8 Å². The van der Waals surface area contributed by atoms with Gasteiger partial charge >= 0.3 is 0 Å². The summed E-state index contributed by atoms with van der Waals surface area (Å²) in [5.74, 6) is -0.103. The van der Waals surface area contributed by atoms with Gasteiger partial charge < -0.3 is 20.1 Å². The molecule has 224 valence electrons. The molecule has 7 rings (SSSR count). The Labute approximate surface area is 259 Å². The van der Waals surface area contributed by atoms with Crippen LogP contribution in [0.15, 0.2) is 65.7 Å². The van der Waals surface area contributed by atoms with Crippen LogP contribution in [0.3, 0.4) is 0 Å². The molecule has 2 aromatic heterocycles. The van der Waals surface area contributed by atoms with Crippen LogP contribution in [0.1, 0.15) is 54.1 Å². The van der Waals surface area contributed by atoms with Gasteiger partial charge in [0.15, 0.2) is 5.65 Å². The summed E-state index contributed by atoms with van der Waals surface area (Å²) in [5, 5.41) is 16.3. The van der Waals surface area contributed by atoms with E-state index in [4.69, 9.17) is 27.9 Å². The van der Waals surface area contributed by atoms with Crippen LogP contribution in [0.5, 0.6) is 0 Å². The molecule has 11 heteroatoms. The van der Waals surface area contributed by atoms with Crippen LogP contribution in [0.2, 0.25) is 10.2 Å². The first-order valence-corrected chi connectivity index (χ1v) is 15.5. The third-order valence-corrected chi connectivity index (χ3v) is 9.85. The van der Waals surface area contributed by atoms with Gasteiger partial charge in [0.1, 0.15) is 11.5 Å². The number of aromatic nitrogens is 3. The molecule has 3 fully saturated rings. The highest BCUT2D eigenvalue weighted by molar-refractivity contribution is 6.31. The van der Waals surface area contributed by atoms with Gasteiger partial charge in [-0.1, -0.05) is 35.3 Å². The summed E-state index contributed by atoms with van der Waals surface area (Å²) in [6.45, 7) is 2.36. The predicted molar refractivity (Wildman–Crippen MR) is 165 cm³/mol. The maximum atomic E-state index is 13.5. The molecule has 4 aromatic rings. The number of amides is 1. The fourth-order valence-electron chi connectivity index (χ4n) is 6.46. The molecule has 2 N–H and O–H groups in total. The Kier molecular flexibility index (Phi) is 7.34. The zero-order valence-corrected chi connectivity index (χ0v) is 25.2. The van der Waals surface area contributed by atoms with E-state index >= 15 is 0 Å². The zero-order valence-electron chi connectivity index (χ0n) is 23.6. The average molecular weight is 623 g/mol. The highest BCUT2D eigenvalue weighted by Crippen LogP contribution is 2.39. The molecule has 1 saturated carbocycles. The number of morpholine rings is 1. The van der Waals surface area contributed by atoms with Gasteiger partial charge in [0.2, 0.25) is 0 Å². The van der Waals surface area contributed by atoms with Gasteiger partial charge in [0, 0.05) is 35.9 Å². The molecular weight excluding hydrogens is 589 g/mol. The lowest BCUT2D eigenvalue weighted by atomic mass is 9.78. The summed E-state index contributed by atoms with van der Waals surface area (Å²) in [6.07, 6.45) is 5.64. The maximum absolute atomic E-state index is 13.5. The number of likely N-dealkylation sites (tertiary alicyclic amines) is 1. The van der Waals surface area contributed by atoms with Crippen molar-refractivity contribution in [2.24, 2.45) is 0 Å². The van der Waals surface area contributed by atoms with Gasteiger partial charge in [-0.15, -0.1) is 0 Å². The minimum Gasteiger partial charge on any atom is -0.388 e. The van der Waals surface area contributed by atoms with Crippen molar-refractivity contribution in [1.29, 1.82) is 0 Å². The van der Waals surface area contributed by atoms with Gasteiger partial charge in [-0.3, -0.25) is 18.7 Å². The minimum atomic E-state index is -1.15. The lowest BCUT2D eigenvalue weighted by Gasteiger charge is -2.47. The lowest BCUT2D eigenvalue weighted by Crippen LogP contribution is -2.54. The summed E-state index contributed by atoms with van der Waals surface area (Å²) in [5.41, 5.74) is 1.57. The number of carbonyl (C=O) groups excluding carboxylic acids is 1. The molecular formula is C32H33Cl2N5O4. The zero-order chi connectivity index (χ0) is 29.8. The van der Waals surface area contributed by atoms with E-state index < -0.39 is 5.60 Å². The Hall–Kier alpha value is -3.21. The molecule has 1 atom stereocenters. The topological polar surface area (TPSA) is 102 Å². The molecule has 3 aliphatic rings. The first-order chi connectivity index (χ1) is 20.7. The van der Waals surface area contributed by atoms with Crippen LogP contribution in [-0.4, -0.2) is 67.5 Å². The van der Waals surface area contributed by atoms with E-state index in [0.717, 1.165) is 30.6 Å². The van der Waals surface area contributed by atoms with Crippen molar-refractivity contribution >= 4 is 40.1 Å². The summed E-state index contributed by atoms with van der Waals surface area (Å²) in [4.78, 5) is 32.7. The molecule has 9 nitrogen and oxygen atoms in total. The molecule has 4 heterocycles. The van der Waals surface area contributed by atoms with Gasteiger partial charge in [-0.2, -0.15) is 0 Å². The summed E-state index contributed by atoms with van der Waals surface area (Å²) in [7, 11) is 0. The largest absolute Gasteiger partial charge is 0.388 e. The number of hydrogen-bond donors (Lipinski definition) is 2. The van der Waals surface area contributed by atoms with E-state index in [1.165, 1.54) is 17.3 Å². The highest BCUT2D eigenvalue weighted by atomic mass is 35.5. The van der Waals surface area contributed by atoms with Gasteiger partial charge in [0.25, 0.3) is 11.5 Å². The third kappa shape index (κ3) is 5.38. The normalized spacial score (nSPS) is 21.2. The second kappa shape index (κ2) is 11.1. The lowest BCUT2D eigenvalue weighted by molar-refractivity contribution is -0.130. The minimum absolute atomic E-state index is 0.0383. The van der Waals surface area contributed by atoms with Crippen molar-refractivity contribution in [3.05, 3.63) is 92.6 Å². The molecule has 2 saturated heterocycles. The van der Waals surface area contributed by atoms with Gasteiger partial charge in [-0.05, 0) is 80.1 Å². The average Bonchev–Trinajstić information content (AvgIpc) is 3.35. The van der Waals surface area contributed by atoms with Crippen LogP contribution in [0.25, 0.3) is 16.7 Å². The molecule has 2 aliphatic heterocycles. The van der Waals surface area contributed by atoms with Crippen LogP contribution in [0, 0.1) is 0 Å². The second-order valence-electron chi connectivity index (χ2n) is 12.1. The van der Waals surface area contributed by atoms with Crippen LogP contribution >= 0.6 is 23.2 Å². The Bertz CT molecular complexity index is 1710. The predicted octanol–water partition coefficient (Wildman–Crippen LogP) is 4.74. The van der Waals surface area contributed by atoms with Crippen molar-refractivity contribution in [3.63, 3.8) is 0 Å². The molecule has 1 aliphatic carbocycles. The molecule has 1 unspecified atom stereocenters. The SMILES string of the molecule is O=C(c1ccc(Cl)cc1)N1CCC(O)(Cn2cnc3c(cc(Cl)n3-c3ccc(C4COC5(CCC5)CN4)cc3)c2=O)CC1. The molecule has 1 spiro atoms. The number of halogens is 2. The van der Waals surface area contributed by atoms with E-state index in [-0.39, 0.29) is 29.7 Å². The van der Waals surface area contributed by atoms with E-state index in [1.54, 1.807) is 39.8 Å². The van der Waals surface area contributed by atoms with Crippen molar-refractivity contribution in [3.8, 4) is 5.69 Å². The number of nitrogens with one attached hydrogen (secondary N) is 1. The number of nitrogens with zero attached hydrogens (tertiary/aromatic N) is 4. The molecule has 2 aromatic carbocycles. The van der Waals surface area contributed by atoms with E-state index in [1.807, 2.05) is 12.1 Å². The summed E-state index contributed by atoms with van der Waals surface area (Å²) in [6, 6.07) is 16.6. The quantitative estimate of drug-likeness (QED) is 0.334. The molecule has 43 heavy (non-hydrogen) atoms. The monoisotopic (exact) mass is 621 g/mol. The Morgan fingerprint density at radius 3 is 2.40 bits per heavy atom. The molecule has 0 radical (unpaired) electrons. The fourth-order valence-corrected chi connectivity index (χ4v) is 6.87. The number of piperidine rings is 1. The van der Waals surface area contributed by atoms with Crippen LogP contribution in [0.4, 0.5) is 0 Å². The van der Waals surface area contributed by atoms with Crippen molar-refractivity contribution in [1.82, 2.24) is 24.3 Å². The number of carbonyl (C=O) groups is 1. The third-order valence-electron chi connectivity index (χ3n) is 9.32. The first kappa shape index (κ1) is 28.6. The van der Waals surface area contributed by atoms with Crippen LogP contribution in [-0.2, 0) is 11.3 Å². The van der Waals surface area contributed by atoms with E-state index in [0.29, 0.717) is 59.3 Å². The number of benzene rings is 2. The Morgan fingerprint density at radius 2 is 1.77 bits per heavy atom. The molecule has 1 amide bonds. The Balaban J connectivity index is 1.05. The summed E-state index contributed by atoms with van der Waals surface area (Å²) < 4.78 is 9.39. The van der Waals surface area contributed by atoms with Crippen molar-refractivity contribution in [2.75, 3.05) is 26.2 Å². The number of ether oxygens (including phenoxy) is 1. The van der Waals surface area contributed by atoms with Crippen molar-refractivity contribution < 1.29 is 14.6 Å².